The smallest absolute Gasteiger partial charge is 0.340 e. The molecule has 9 heteroatoms. The zero-order chi connectivity index (χ0) is 18.1. The van der Waals surface area contributed by atoms with E-state index in [-0.39, 0.29) is 15.6 Å². The summed E-state index contributed by atoms with van der Waals surface area (Å²) in [6.07, 6.45) is -0.670. The molecule has 128 valence electrons. The van der Waals surface area contributed by atoms with Crippen molar-refractivity contribution in [3.05, 3.63) is 62.6 Å². The van der Waals surface area contributed by atoms with Crippen LogP contribution in [0, 0.1) is 0 Å². The van der Waals surface area contributed by atoms with Crippen molar-refractivity contribution in [2.45, 2.75) is 17.9 Å². The molecule has 0 aliphatic heterocycles. The molecular weight excluding hydrogens is 397 g/mol. The van der Waals surface area contributed by atoms with Gasteiger partial charge in [0.15, 0.2) is 0 Å². The fourth-order valence-electron chi connectivity index (χ4n) is 2.00. The molecule has 0 fully saturated rings. The Hall–Kier alpha value is -1.31. The fourth-order valence-corrected chi connectivity index (χ4v) is 3.68. The Balaban J connectivity index is 2.35. The molecule has 1 atom stereocenters. The van der Waals surface area contributed by atoms with Gasteiger partial charge in [-0.15, -0.1) is 0 Å². The number of nitrogens with two attached hydrogens (primary N) is 1. The standard InChI is InChI=1S/C15H12Cl3NO4S/c1-8(9-4-2-3-5-11(9)16)23-15(20)10-6-14(24(19,21)22)13(18)7-12(10)17/h2-8H,1H3,(H2,19,21,22)/t8-/m1/s1. The molecule has 2 aromatic carbocycles. The topological polar surface area (TPSA) is 86.5 Å². The highest BCUT2D eigenvalue weighted by Crippen LogP contribution is 2.31. The minimum absolute atomic E-state index is 0.0521. The van der Waals surface area contributed by atoms with E-state index in [4.69, 9.17) is 44.7 Å². The Bertz CT molecular complexity index is 900. The summed E-state index contributed by atoms with van der Waals surface area (Å²) in [7, 11) is -4.11. The third-order valence-electron chi connectivity index (χ3n) is 3.18. The molecule has 0 spiro atoms. The lowest BCUT2D eigenvalue weighted by molar-refractivity contribution is 0.0338. The first-order valence-electron chi connectivity index (χ1n) is 6.58. The van der Waals surface area contributed by atoms with Crippen molar-refractivity contribution in [3.63, 3.8) is 0 Å². The number of sulfonamides is 1. The van der Waals surface area contributed by atoms with E-state index in [9.17, 15) is 13.2 Å². The van der Waals surface area contributed by atoms with Gasteiger partial charge >= 0.3 is 5.97 Å². The number of halogens is 3. The molecule has 0 heterocycles. The highest BCUT2D eigenvalue weighted by Gasteiger charge is 2.23. The number of carbonyl (C=O) groups is 1. The summed E-state index contributed by atoms with van der Waals surface area (Å²) < 4.78 is 28.3. The fraction of sp³-hybridized carbons (Fsp3) is 0.133. The third-order valence-corrected chi connectivity index (χ3v) is 5.21. The highest BCUT2D eigenvalue weighted by molar-refractivity contribution is 7.89. The van der Waals surface area contributed by atoms with Gasteiger partial charge in [0.2, 0.25) is 10.0 Å². The van der Waals surface area contributed by atoms with Crippen molar-refractivity contribution >= 4 is 50.8 Å². The van der Waals surface area contributed by atoms with Crippen LogP contribution in [0.5, 0.6) is 0 Å². The monoisotopic (exact) mass is 407 g/mol. The van der Waals surface area contributed by atoms with E-state index < -0.39 is 27.0 Å². The summed E-state index contributed by atoms with van der Waals surface area (Å²) in [5.41, 5.74) is 0.438. The average molecular weight is 409 g/mol. The summed E-state index contributed by atoms with van der Waals surface area (Å²) >= 11 is 17.8. The van der Waals surface area contributed by atoms with Crippen molar-refractivity contribution in [2.75, 3.05) is 0 Å². The first-order chi connectivity index (χ1) is 11.1. The molecule has 0 aromatic heterocycles. The van der Waals surface area contributed by atoms with Crippen LogP contribution in [-0.4, -0.2) is 14.4 Å². The van der Waals surface area contributed by atoms with E-state index in [1.54, 1.807) is 31.2 Å². The molecule has 0 aliphatic carbocycles. The first kappa shape index (κ1) is 19.0. The molecule has 0 aliphatic rings. The van der Waals surface area contributed by atoms with Crippen LogP contribution in [0.25, 0.3) is 0 Å². The summed E-state index contributed by atoms with van der Waals surface area (Å²) in [5.74, 6) is -0.825. The van der Waals surface area contributed by atoms with Crippen LogP contribution in [0.15, 0.2) is 41.3 Å². The first-order valence-corrected chi connectivity index (χ1v) is 9.26. The number of carbonyl (C=O) groups excluding carboxylic acids is 1. The molecule has 0 radical (unpaired) electrons. The quantitative estimate of drug-likeness (QED) is 0.768. The van der Waals surface area contributed by atoms with Gasteiger partial charge in [0.25, 0.3) is 0 Å². The predicted octanol–water partition coefficient (Wildman–Crippen LogP) is 4.21. The van der Waals surface area contributed by atoms with Gasteiger partial charge in [-0.25, -0.2) is 18.4 Å². The van der Waals surface area contributed by atoms with Crippen LogP contribution in [0.1, 0.15) is 28.9 Å². The Labute approximate surface area is 154 Å². The third kappa shape index (κ3) is 4.20. The molecule has 2 N–H and O–H groups in total. The van der Waals surface area contributed by atoms with Gasteiger partial charge in [-0.3, -0.25) is 0 Å². The minimum atomic E-state index is -4.11. The zero-order valence-electron chi connectivity index (χ0n) is 12.3. The lowest BCUT2D eigenvalue weighted by Gasteiger charge is -2.16. The van der Waals surface area contributed by atoms with Crippen LogP contribution in [-0.2, 0) is 14.8 Å². The summed E-state index contributed by atoms with van der Waals surface area (Å²) in [4.78, 5) is 11.9. The van der Waals surface area contributed by atoms with Gasteiger partial charge in [0.1, 0.15) is 11.0 Å². The summed E-state index contributed by atoms with van der Waals surface area (Å²) in [5, 5.41) is 5.27. The lowest BCUT2D eigenvalue weighted by atomic mass is 10.1. The molecular formula is C15H12Cl3NO4S. The van der Waals surface area contributed by atoms with Crippen LogP contribution in [0.4, 0.5) is 0 Å². The average Bonchev–Trinajstić information content (AvgIpc) is 2.45. The van der Waals surface area contributed by atoms with Crippen molar-refractivity contribution in [3.8, 4) is 0 Å². The highest BCUT2D eigenvalue weighted by atomic mass is 35.5. The van der Waals surface area contributed by atoms with Crippen molar-refractivity contribution in [1.82, 2.24) is 0 Å². The molecule has 0 bridgehead atoms. The minimum Gasteiger partial charge on any atom is -0.454 e. The largest absolute Gasteiger partial charge is 0.454 e. The second-order valence-corrected chi connectivity index (χ2v) is 7.63. The summed E-state index contributed by atoms with van der Waals surface area (Å²) in [6.45, 7) is 1.63. The maximum Gasteiger partial charge on any atom is 0.340 e. The van der Waals surface area contributed by atoms with E-state index in [0.717, 1.165) is 12.1 Å². The van der Waals surface area contributed by atoms with Gasteiger partial charge < -0.3 is 4.74 Å². The Morgan fingerprint density at radius 3 is 2.29 bits per heavy atom. The predicted molar refractivity (Wildman–Crippen MR) is 93.1 cm³/mol. The Morgan fingerprint density at radius 2 is 1.71 bits per heavy atom. The maximum absolute atomic E-state index is 12.3. The number of primary sulfonamides is 1. The number of hydrogen-bond donors (Lipinski definition) is 1. The van der Waals surface area contributed by atoms with Crippen molar-refractivity contribution in [1.29, 1.82) is 0 Å². The van der Waals surface area contributed by atoms with Crippen molar-refractivity contribution in [2.24, 2.45) is 5.14 Å². The second-order valence-electron chi connectivity index (χ2n) is 4.88. The van der Waals surface area contributed by atoms with Crippen molar-refractivity contribution < 1.29 is 17.9 Å². The van der Waals surface area contributed by atoms with E-state index in [1.165, 1.54) is 0 Å². The van der Waals surface area contributed by atoms with Crippen LogP contribution >= 0.6 is 34.8 Å². The molecule has 0 saturated carbocycles. The van der Waals surface area contributed by atoms with Gasteiger partial charge in [0, 0.05) is 10.6 Å². The molecule has 2 aromatic rings. The van der Waals surface area contributed by atoms with Gasteiger partial charge in [-0.1, -0.05) is 53.0 Å². The maximum atomic E-state index is 12.3. The van der Waals surface area contributed by atoms with E-state index in [2.05, 4.69) is 0 Å². The lowest BCUT2D eigenvalue weighted by Crippen LogP contribution is -2.15. The summed E-state index contributed by atoms with van der Waals surface area (Å²) in [6, 6.07) is 8.98. The molecule has 5 nitrogen and oxygen atoms in total. The van der Waals surface area contributed by atoms with E-state index in [1.807, 2.05) is 0 Å². The molecule has 0 unspecified atom stereocenters. The number of ether oxygens (including phenoxy) is 1. The zero-order valence-corrected chi connectivity index (χ0v) is 15.4. The number of esters is 1. The molecule has 2 rings (SSSR count). The van der Waals surface area contributed by atoms with Gasteiger partial charge in [-0.2, -0.15) is 0 Å². The van der Waals surface area contributed by atoms with E-state index >= 15 is 0 Å². The van der Waals surface area contributed by atoms with Gasteiger partial charge in [0.05, 0.1) is 15.6 Å². The Morgan fingerprint density at radius 1 is 1.08 bits per heavy atom. The number of rotatable bonds is 4. The second kappa shape index (κ2) is 7.29. The SMILES string of the molecule is C[C@@H](OC(=O)c1cc(S(N)(=O)=O)c(Cl)cc1Cl)c1ccccc1Cl. The normalized spacial score (nSPS) is 12.7. The molecule has 0 saturated heterocycles. The van der Waals surface area contributed by atoms with Crippen LogP contribution in [0.2, 0.25) is 15.1 Å². The molecule has 0 amide bonds. The van der Waals surface area contributed by atoms with Crippen LogP contribution < -0.4 is 5.14 Å². The molecule has 24 heavy (non-hydrogen) atoms. The Kier molecular flexibility index (Phi) is 5.78. The van der Waals surface area contributed by atoms with E-state index in [0.29, 0.717) is 10.6 Å². The number of hydrogen-bond acceptors (Lipinski definition) is 4. The van der Waals surface area contributed by atoms with Crippen LogP contribution in [0.3, 0.4) is 0 Å². The number of benzene rings is 2. The van der Waals surface area contributed by atoms with Gasteiger partial charge in [-0.05, 0) is 25.1 Å².